The molecule has 0 fully saturated rings. The summed E-state index contributed by atoms with van der Waals surface area (Å²) < 4.78 is 11.9. The number of amides is 1. The molecular weight excluding hydrogens is 258 g/mol. The molecule has 1 amide bonds. The molecule has 2 aromatic rings. The summed E-state index contributed by atoms with van der Waals surface area (Å²) in [6.07, 6.45) is 0. The summed E-state index contributed by atoms with van der Waals surface area (Å²) in [4.78, 5) is 12.4. The van der Waals surface area contributed by atoms with Crippen molar-refractivity contribution >= 4 is 22.4 Å². The fourth-order valence-electron chi connectivity index (χ4n) is 1.61. The molecule has 4 heteroatoms. The Labute approximate surface area is 115 Å². The van der Waals surface area contributed by atoms with Crippen molar-refractivity contribution in [3.63, 3.8) is 0 Å². The summed E-state index contributed by atoms with van der Waals surface area (Å²) in [6, 6.07) is 16.5. The number of nitrogens with one attached hydrogen (secondary N) is 1. The van der Waals surface area contributed by atoms with Gasteiger partial charge in [0.25, 0.3) is 0 Å². The monoisotopic (exact) mass is 273 g/mol. The lowest BCUT2D eigenvalue weighted by molar-refractivity contribution is -0.113. The maximum atomic E-state index is 11.9. The summed E-state index contributed by atoms with van der Waals surface area (Å²) in [5.74, 6) is -0.274. The van der Waals surface area contributed by atoms with E-state index in [1.165, 1.54) is 0 Å². The lowest BCUT2D eigenvalue weighted by atomic mass is 10.2. The quantitative estimate of drug-likeness (QED) is 0.931. The van der Waals surface area contributed by atoms with Crippen LogP contribution in [0.2, 0.25) is 0 Å². The average Bonchev–Trinajstić information content (AvgIpc) is 2.42. The second kappa shape index (κ2) is 6.29. The Hall–Kier alpha value is -1.94. The van der Waals surface area contributed by atoms with Crippen molar-refractivity contribution in [2.75, 3.05) is 11.1 Å². The first-order valence-corrected chi connectivity index (χ1v) is 7.27. The third-order valence-electron chi connectivity index (χ3n) is 2.60. The Kier molecular flexibility index (Phi) is 4.47. The number of benzene rings is 2. The third kappa shape index (κ3) is 4.03. The van der Waals surface area contributed by atoms with Crippen LogP contribution in [-0.4, -0.2) is 15.9 Å². The summed E-state index contributed by atoms with van der Waals surface area (Å²) >= 11 is 0. The molecule has 0 spiro atoms. The van der Waals surface area contributed by atoms with Crippen LogP contribution in [0.25, 0.3) is 0 Å². The van der Waals surface area contributed by atoms with E-state index in [1.807, 2.05) is 49.4 Å². The predicted molar refractivity (Wildman–Crippen MR) is 77.5 cm³/mol. The fourth-order valence-corrected chi connectivity index (χ4v) is 2.55. The molecule has 0 aliphatic rings. The first-order chi connectivity index (χ1) is 9.15. The number of hydrogen-bond donors (Lipinski definition) is 1. The van der Waals surface area contributed by atoms with Crippen molar-refractivity contribution in [2.45, 2.75) is 11.8 Å². The molecule has 0 radical (unpaired) electrons. The number of carbonyl (C=O) groups excluding carboxylic acids is 1. The summed E-state index contributed by atoms with van der Waals surface area (Å²) in [7, 11) is -1.30. The molecule has 0 aromatic heterocycles. The Morgan fingerprint density at radius 3 is 2.32 bits per heavy atom. The fraction of sp³-hybridized carbons (Fsp3) is 0.133. The lowest BCUT2D eigenvalue weighted by Gasteiger charge is -2.05. The van der Waals surface area contributed by atoms with E-state index in [-0.39, 0.29) is 11.7 Å². The Bertz CT molecular complexity index is 579. The van der Waals surface area contributed by atoms with E-state index in [0.717, 1.165) is 11.3 Å². The third-order valence-corrected chi connectivity index (χ3v) is 3.93. The molecule has 0 aliphatic heterocycles. The molecule has 0 bridgehead atoms. The van der Waals surface area contributed by atoms with Crippen molar-refractivity contribution in [2.24, 2.45) is 0 Å². The van der Waals surface area contributed by atoms with Crippen molar-refractivity contribution in [3.05, 3.63) is 60.2 Å². The van der Waals surface area contributed by atoms with Crippen molar-refractivity contribution < 1.29 is 9.00 Å². The molecule has 1 atom stereocenters. The summed E-state index contributed by atoms with van der Waals surface area (Å²) in [6.45, 7) is 1.98. The maximum absolute atomic E-state index is 11.9. The van der Waals surface area contributed by atoms with Crippen molar-refractivity contribution in [3.8, 4) is 0 Å². The SMILES string of the molecule is Cc1ccc(NC(=O)CS(=O)c2ccccc2)cc1. The number of hydrogen-bond acceptors (Lipinski definition) is 2. The van der Waals surface area contributed by atoms with Gasteiger partial charge < -0.3 is 5.32 Å². The van der Waals surface area contributed by atoms with Gasteiger partial charge in [-0.05, 0) is 31.2 Å². The number of aryl methyl sites for hydroxylation is 1. The van der Waals surface area contributed by atoms with Gasteiger partial charge in [0.05, 0.1) is 10.8 Å². The van der Waals surface area contributed by atoms with E-state index in [9.17, 15) is 9.00 Å². The Morgan fingerprint density at radius 1 is 1.05 bits per heavy atom. The largest absolute Gasteiger partial charge is 0.325 e. The number of anilines is 1. The standard InChI is InChI=1S/C15H15NO2S/c1-12-7-9-13(10-8-12)16-15(17)11-19(18)14-5-3-2-4-6-14/h2-10H,11H2,1H3,(H,16,17). The molecule has 2 rings (SSSR count). The first kappa shape index (κ1) is 13.5. The molecule has 98 valence electrons. The molecule has 0 aliphatic carbocycles. The predicted octanol–water partition coefficient (Wildman–Crippen LogP) is 2.74. The normalized spacial score (nSPS) is 11.8. The van der Waals surface area contributed by atoms with Crippen LogP contribution in [0.15, 0.2) is 59.5 Å². The average molecular weight is 273 g/mol. The van der Waals surface area contributed by atoms with Gasteiger partial charge in [0, 0.05) is 10.6 Å². The molecular formula is C15H15NO2S. The Morgan fingerprint density at radius 2 is 1.68 bits per heavy atom. The van der Waals surface area contributed by atoms with Gasteiger partial charge in [0.1, 0.15) is 5.75 Å². The lowest BCUT2D eigenvalue weighted by Crippen LogP contribution is -2.19. The second-order valence-corrected chi connectivity index (χ2v) is 5.67. The highest BCUT2D eigenvalue weighted by atomic mass is 32.2. The van der Waals surface area contributed by atoms with Gasteiger partial charge in [-0.15, -0.1) is 0 Å². The Balaban J connectivity index is 1.95. The van der Waals surface area contributed by atoms with Crippen LogP contribution in [0.4, 0.5) is 5.69 Å². The van der Waals surface area contributed by atoms with Gasteiger partial charge in [0.2, 0.25) is 5.91 Å². The minimum atomic E-state index is -1.30. The van der Waals surface area contributed by atoms with Gasteiger partial charge in [-0.25, -0.2) is 0 Å². The van der Waals surface area contributed by atoms with Crippen LogP contribution in [0.1, 0.15) is 5.56 Å². The second-order valence-electron chi connectivity index (χ2n) is 4.22. The van der Waals surface area contributed by atoms with Gasteiger partial charge >= 0.3 is 0 Å². The van der Waals surface area contributed by atoms with Crippen LogP contribution < -0.4 is 5.32 Å². The highest BCUT2D eigenvalue weighted by Gasteiger charge is 2.09. The molecule has 1 N–H and O–H groups in total. The first-order valence-electron chi connectivity index (χ1n) is 5.95. The zero-order valence-corrected chi connectivity index (χ0v) is 11.4. The molecule has 19 heavy (non-hydrogen) atoms. The summed E-state index contributed by atoms with van der Waals surface area (Å²) in [5, 5.41) is 2.74. The van der Waals surface area contributed by atoms with Crippen LogP contribution >= 0.6 is 0 Å². The van der Waals surface area contributed by atoms with Crippen molar-refractivity contribution in [1.29, 1.82) is 0 Å². The highest BCUT2D eigenvalue weighted by molar-refractivity contribution is 7.85. The van der Waals surface area contributed by atoms with Crippen LogP contribution in [0, 0.1) is 6.92 Å². The van der Waals surface area contributed by atoms with Crippen molar-refractivity contribution in [1.82, 2.24) is 0 Å². The maximum Gasteiger partial charge on any atom is 0.237 e. The van der Waals surface area contributed by atoms with E-state index in [0.29, 0.717) is 4.90 Å². The van der Waals surface area contributed by atoms with Crippen LogP contribution in [0.3, 0.4) is 0 Å². The molecule has 0 heterocycles. The van der Waals surface area contributed by atoms with Crippen LogP contribution in [0.5, 0.6) is 0 Å². The number of rotatable bonds is 4. The highest BCUT2D eigenvalue weighted by Crippen LogP contribution is 2.10. The molecule has 0 saturated heterocycles. The van der Waals surface area contributed by atoms with E-state index < -0.39 is 10.8 Å². The smallest absolute Gasteiger partial charge is 0.237 e. The minimum Gasteiger partial charge on any atom is -0.325 e. The number of carbonyl (C=O) groups is 1. The molecule has 3 nitrogen and oxygen atoms in total. The van der Waals surface area contributed by atoms with Gasteiger partial charge in [-0.2, -0.15) is 0 Å². The van der Waals surface area contributed by atoms with Gasteiger partial charge in [-0.1, -0.05) is 35.9 Å². The van der Waals surface area contributed by atoms with E-state index in [1.54, 1.807) is 12.1 Å². The topological polar surface area (TPSA) is 46.2 Å². The summed E-state index contributed by atoms with van der Waals surface area (Å²) in [5.41, 5.74) is 1.85. The molecule has 0 saturated carbocycles. The zero-order valence-electron chi connectivity index (χ0n) is 10.6. The van der Waals surface area contributed by atoms with Crippen LogP contribution in [-0.2, 0) is 15.6 Å². The zero-order chi connectivity index (χ0) is 13.7. The molecule has 2 aromatic carbocycles. The van der Waals surface area contributed by atoms with E-state index in [4.69, 9.17) is 0 Å². The van der Waals surface area contributed by atoms with E-state index in [2.05, 4.69) is 5.32 Å². The molecule has 1 unspecified atom stereocenters. The van der Waals surface area contributed by atoms with Gasteiger partial charge in [0.15, 0.2) is 0 Å². The minimum absolute atomic E-state index is 0.0299. The van der Waals surface area contributed by atoms with Gasteiger partial charge in [-0.3, -0.25) is 9.00 Å². The van der Waals surface area contributed by atoms with E-state index >= 15 is 0 Å².